The van der Waals surface area contributed by atoms with Gasteiger partial charge in [0.15, 0.2) is 0 Å². The van der Waals surface area contributed by atoms with Gasteiger partial charge in [-0.05, 0) is 61.9 Å². The molecule has 174 valence electrons. The SMILES string of the molecule is C=O.CC(N)c1ccccc1.CCCCC1(c2cccc(OC)c2)CCCCC1.CN. The first-order valence-electron chi connectivity index (χ1n) is 11.4. The molecule has 0 spiro atoms. The number of hydrogen-bond acceptors (Lipinski definition) is 4. The molecule has 0 radical (unpaired) electrons. The summed E-state index contributed by atoms with van der Waals surface area (Å²) >= 11 is 0. The van der Waals surface area contributed by atoms with Crippen LogP contribution in [0.4, 0.5) is 0 Å². The second-order valence-electron chi connectivity index (χ2n) is 7.88. The summed E-state index contributed by atoms with van der Waals surface area (Å²) in [6.07, 6.45) is 10.9. The summed E-state index contributed by atoms with van der Waals surface area (Å²) in [5.41, 5.74) is 13.2. The first kappa shape index (κ1) is 28.8. The van der Waals surface area contributed by atoms with Gasteiger partial charge in [-0.2, -0.15) is 0 Å². The van der Waals surface area contributed by atoms with Crippen LogP contribution in [0.1, 0.15) is 82.4 Å². The Labute approximate surface area is 190 Å². The predicted molar refractivity (Wildman–Crippen MR) is 134 cm³/mol. The van der Waals surface area contributed by atoms with E-state index in [1.165, 1.54) is 69.5 Å². The third kappa shape index (κ3) is 10.1. The van der Waals surface area contributed by atoms with Gasteiger partial charge in [-0.15, -0.1) is 0 Å². The standard InChI is InChI=1S/C17H26O.C8H11N.CH5N.CH2O/c1-3-4-11-17(12-6-5-7-13-17)15-9-8-10-16(14-15)18-2;1-7(9)8-5-3-2-4-6-8;2*1-2/h8-10,14H,3-7,11-13H2,1-2H3;2-7H,9H2,1H3;2H2,1H3;1H2. The molecular weight excluding hydrogens is 384 g/mol. The molecule has 4 heteroatoms. The number of unbranched alkanes of at least 4 members (excludes halogenated alkanes) is 1. The van der Waals surface area contributed by atoms with Crippen LogP contribution in [0.15, 0.2) is 54.6 Å². The van der Waals surface area contributed by atoms with Gasteiger partial charge in [0.1, 0.15) is 12.5 Å². The Balaban J connectivity index is 0.000000582. The van der Waals surface area contributed by atoms with Crippen LogP contribution >= 0.6 is 0 Å². The van der Waals surface area contributed by atoms with Crippen LogP contribution in [0.2, 0.25) is 0 Å². The van der Waals surface area contributed by atoms with Crippen LogP contribution in [0.25, 0.3) is 0 Å². The quantitative estimate of drug-likeness (QED) is 0.575. The zero-order chi connectivity index (χ0) is 23.5. The van der Waals surface area contributed by atoms with Gasteiger partial charge in [-0.3, -0.25) is 0 Å². The van der Waals surface area contributed by atoms with E-state index in [0.29, 0.717) is 5.41 Å². The fraction of sp³-hybridized carbons (Fsp3) is 0.519. The lowest BCUT2D eigenvalue weighted by Gasteiger charge is -2.38. The van der Waals surface area contributed by atoms with Crippen LogP contribution in [-0.2, 0) is 10.2 Å². The highest BCUT2D eigenvalue weighted by Crippen LogP contribution is 2.44. The van der Waals surface area contributed by atoms with Crippen molar-refractivity contribution < 1.29 is 9.53 Å². The van der Waals surface area contributed by atoms with Gasteiger partial charge in [0.05, 0.1) is 7.11 Å². The molecule has 0 amide bonds. The molecular formula is C27H44N2O2. The summed E-state index contributed by atoms with van der Waals surface area (Å²) in [6, 6.07) is 19.0. The van der Waals surface area contributed by atoms with Gasteiger partial charge >= 0.3 is 0 Å². The van der Waals surface area contributed by atoms with E-state index >= 15 is 0 Å². The van der Waals surface area contributed by atoms with Gasteiger partial charge in [-0.1, -0.05) is 81.5 Å². The summed E-state index contributed by atoms with van der Waals surface area (Å²) in [6.45, 7) is 6.28. The Morgan fingerprint density at radius 2 is 1.61 bits per heavy atom. The molecule has 1 aliphatic rings. The molecule has 1 saturated carbocycles. The highest BCUT2D eigenvalue weighted by atomic mass is 16.5. The van der Waals surface area contributed by atoms with E-state index in [9.17, 15) is 0 Å². The molecule has 0 heterocycles. The van der Waals surface area contributed by atoms with Gasteiger partial charge in [0, 0.05) is 6.04 Å². The summed E-state index contributed by atoms with van der Waals surface area (Å²) in [5.74, 6) is 1.01. The van der Waals surface area contributed by atoms with E-state index in [2.05, 4.69) is 36.9 Å². The summed E-state index contributed by atoms with van der Waals surface area (Å²) in [7, 11) is 3.26. The minimum Gasteiger partial charge on any atom is -0.497 e. The molecule has 4 N–H and O–H groups in total. The second-order valence-corrected chi connectivity index (χ2v) is 7.88. The van der Waals surface area contributed by atoms with E-state index in [4.69, 9.17) is 15.3 Å². The lowest BCUT2D eigenvalue weighted by molar-refractivity contribution is -0.0979. The van der Waals surface area contributed by atoms with Gasteiger partial charge in [-0.25, -0.2) is 0 Å². The van der Waals surface area contributed by atoms with Crippen LogP contribution in [0, 0.1) is 0 Å². The van der Waals surface area contributed by atoms with Crippen LogP contribution in [0.5, 0.6) is 5.75 Å². The molecule has 2 aromatic carbocycles. The minimum atomic E-state index is 0.159. The van der Waals surface area contributed by atoms with Crippen molar-refractivity contribution in [1.82, 2.24) is 0 Å². The van der Waals surface area contributed by atoms with Crippen LogP contribution in [0.3, 0.4) is 0 Å². The maximum atomic E-state index is 8.00. The Morgan fingerprint density at radius 3 is 2.10 bits per heavy atom. The topological polar surface area (TPSA) is 78.3 Å². The van der Waals surface area contributed by atoms with Crippen molar-refractivity contribution in [2.24, 2.45) is 11.5 Å². The first-order chi connectivity index (χ1) is 15.1. The molecule has 1 aliphatic carbocycles. The number of nitrogens with two attached hydrogens (primary N) is 2. The lowest BCUT2D eigenvalue weighted by atomic mass is 9.66. The smallest absolute Gasteiger partial charge is 0.119 e. The Hall–Kier alpha value is -2.17. The highest BCUT2D eigenvalue weighted by molar-refractivity contribution is 5.34. The molecule has 0 bridgehead atoms. The third-order valence-corrected chi connectivity index (χ3v) is 5.83. The molecule has 4 nitrogen and oxygen atoms in total. The Morgan fingerprint density at radius 1 is 1.00 bits per heavy atom. The van der Waals surface area contributed by atoms with Crippen molar-refractivity contribution in [3.8, 4) is 5.75 Å². The number of rotatable bonds is 6. The molecule has 1 unspecified atom stereocenters. The van der Waals surface area contributed by atoms with E-state index in [-0.39, 0.29) is 6.04 Å². The van der Waals surface area contributed by atoms with Crippen LogP contribution < -0.4 is 16.2 Å². The van der Waals surface area contributed by atoms with E-state index in [1.54, 1.807) is 7.11 Å². The van der Waals surface area contributed by atoms with Crippen LogP contribution in [-0.4, -0.2) is 20.9 Å². The maximum Gasteiger partial charge on any atom is 0.119 e. The molecule has 0 saturated heterocycles. The molecule has 2 aromatic rings. The van der Waals surface area contributed by atoms with Crippen molar-refractivity contribution in [2.75, 3.05) is 14.2 Å². The molecule has 3 rings (SSSR count). The predicted octanol–water partition coefficient (Wildman–Crippen LogP) is 6.18. The zero-order valence-corrected chi connectivity index (χ0v) is 20.1. The van der Waals surface area contributed by atoms with Gasteiger partial charge < -0.3 is 21.0 Å². The second kappa shape index (κ2) is 17.5. The molecule has 0 aromatic heterocycles. The average Bonchev–Trinajstić information content (AvgIpc) is 2.87. The number of benzene rings is 2. The van der Waals surface area contributed by atoms with Crippen molar-refractivity contribution in [1.29, 1.82) is 0 Å². The fourth-order valence-corrected chi connectivity index (χ4v) is 4.14. The number of carbonyl (C=O) groups is 1. The number of carbonyl (C=O) groups excluding carboxylic acids is 1. The largest absolute Gasteiger partial charge is 0.497 e. The van der Waals surface area contributed by atoms with Crippen molar-refractivity contribution >= 4 is 6.79 Å². The third-order valence-electron chi connectivity index (χ3n) is 5.83. The van der Waals surface area contributed by atoms with Gasteiger partial charge in [0.25, 0.3) is 0 Å². The van der Waals surface area contributed by atoms with E-state index in [1.807, 2.05) is 44.0 Å². The average molecular weight is 429 g/mol. The summed E-state index contributed by atoms with van der Waals surface area (Å²) < 4.78 is 5.40. The Bertz CT molecular complexity index is 668. The number of methoxy groups -OCH3 is 1. The normalized spacial score (nSPS) is 14.9. The molecule has 1 fully saturated rings. The molecule has 31 heavy (non-hydrogen) atoms. The minimum absolute atomic E-state index is 0.159. The molecule has 0 aliphatic heterocycles. The van der Waals surface area contributed by atoms with Gasteiger partial charge in [0.2, 0.25) is 0 Å². The lowest BCUT2D eigenvalue weighted by Crippen LogP contribution is -2.29. The monoisotopic (exact) mass is 428 g/mol. The summed E-state index contributed by atoms with van der Waals surface area (Å²) in [4.78, 5) is 8.00. The highest BCUT2D eigenvalue weighted by Gasteiger charge is 2.33. The zero-order valence-electron chi connectivity index (χ0n) is 20.1. The summed E-state index contributed by atoms with van der Waals surface area (Å²) in [5, 5.41) is 0. The number of ether oxygens (including phenoxy) is 1. The van der Waals surface area contributed by atoms with E-state index in [0.717, 1.165) is 5.75 Å². The fourth-order valence-electron chi connectivity index (χ4n) is 4.14. The maximum absolute atomic E-state index is 8.00. The Kier molecular flexibility index (Phi) is 16.3. The van der Waals surface area contributed by atoms with Crippen molar-refractivity contribution in [2.45, 2.75) is 76.7 Å². The van der Waals surface area contributed by atoms with Crippen molar-refractivity contribution in [3.05, 3.63) is 65.7 Å². The number of hydrogen-bond donors (Lipinski definition) is 2. The van der Waals surface area contributed by atoms with Crippen molar-refractivity contribution in [3.63, 3.8) is 0 Å². The van der Waals surface area contributed by atoms with E-state index < -0.39 is 0 Å². The first-order valence-corrected chi connectivity index (χ1v) is 11.4. The molecule has 1 atom stereocenters.